The van der Waals surface area contributed by atoms with Crippen molar-refractivity contribution in [3.05, 3.63) is 0 Å². The summed E-state index contributed by atoms with van der Waals surface area (Å²) in [4.78, 5) is 21.2. The summed E-state index contributed by atoms with van der Waals surface area (Å²) >= 11 is 0. The van der Waals surface area contributed by atoms with Gasteiger partial charge in [-0.3, -0.25) is 4.79 Å². The van der Waals surface area contributed by atoms with Crippen LogP contribution in [0.15, 0.2) is 0 Å². The number of carbonyl (C=O) groups excluding carboxylic acids is 1. The molecule has 0 spiro atoms. The van der Waals surface area contributed by atoms with Crippen LogP contribution in [0.4, 0.5) is 0 Å². The minimum atomic E-state index is -0.913. The van der Waals surface area contributed by atoms with Crippen molar-refractivity contribution in [3.63, 3.8) is 0 Å². The first kappa shape index (κ1) is 11.0. The summed E-state index contributed by atoms with van der Waals surface area (Å²) in [6.45, 7) is 0. The van der Waals surface area contributed by atoms with Gasteiger partial charge in [0.25, 0.3) is 0 Å². The van der Waals surface area contributed by atoms with Crippen molar-refractivity contribution in [2.45, 2.75) is 44.6 Å². The molecule has 0 bridgehead atoms. The molecule has 1 atom stereocenters. The number of nitrogens with one attached hydrogen (secondary N) is 1. The summed E-state index contributed by atoms with van der Waals surface area (Å²) in [5.41, 5.74) is 0. The third kappa shape index (κ3) is 3.01. The molecule has 1 aliphatic rings. The molecule has 2 N–H and O–H groups in total. The Bertz CT molecular complexity index is 198. The molecule has 1 amide bonds. The molecule has 1 fully saturated rings. The van der Waals surface area contributed by atoms with Crippen LogP contribution in [0.1, 0.15) is 38.5 Å². The lowest BCUT2D eigenvalue weighted by Gasteiger charge is -2.21. The van der Waals surface area contributed by atoms with E-state index < -0.39 is 12.0 Å². The molecule has 0 aromatic carbocycles. The molecule has 0 aliphatic heterocycles. The Labute approximate surface area is 83.7 Å². The molecule has 14 heavy (non-hydrogen) atoms. The Hall–Kier alpha value is -1.06. The van der Waals surface area contributed by atoms with Gasteiger partial charge < -0.3 is 10.4 Å². The third-order valence-corrected chi connectivity index (χ3v) is 2.88. The van der Waals surface area contributed by atoms with E-state index in [9.17, 15) is 9.59 Å². The fourth-order valence-electron chi connectivity index (χ4n) is 2.13. The highest BCUT2D eigenvalue weighted by Crippen LogP contribution is 2.25. The van der Waals surface area contributed by atoms with Gasteiger partial charge in [-0.25, -0.2) is 4.79 Å². The van der Waals surface area contributed by atoms with E-state index in [4.69, 9.17) is 5.11 Å². The minimum Gasteiger partial charge on any atom is -0.480 e. The van der Waals surface area contributed by atoms with Crippen LogP contribution in [0.5, 0.6) is 0 Å². The molecular weight excluding hydrogens is 182 g/mol. The summed E-state index contributed by atoms with van der Waals surface area (Å²) in [7, 11) is 0. The van der Waals surface area contributed by atoms with E-state index >= 15 is 0 Å². The van der Waals surface area contributed by atoms with Gasteiger partial charge in [-0.15, -0.1) is 0 Å². The maximum atomic E-state index is 10.9. The number of carboxylic acids is 1. The molecule has 1 saturated carbocycles. The second-order valence-electron chi connectivity index (χ2n) is 3.85. The molecule has 0 aromatic rings. The number of hydrogen-bond donors (Lipinski definition) is 2. The van der Waals surface area contributed by atoms with Gasteiger partial charge in [0.05, 0.1) is 0 Å². The third-order valence-electron chi connectivity index (χ3n) is 2.88. The molecule has 80 valence electrons. The topological polar surface area (TPSA) is 66.4 Å². The average Bonchev–Trinajstić information content (AvgIpc) is 2.41. The zero-order valence-electron chi connectivity index (χ0n) is 8.24. The van der Waals surface area contributed by atoms with Gasteiger partial charge in [-0.1, -0.05) is 25.7 Å². The second kappa shape index (κ2) is 5.62. The van der Waals surface area contributed by atoms with Crippen LogP contribution in [0.3, 0.4) is 0 Å². The van der Waals surface area contributed by atoms with Crippen LogP contribution in [-0.2, 0) is 9.59 Å². The van der Waals surface area contributed by atoms with Gasteiger partial charge in [-0.05, 0) is 18.8 Å². The number of hydrogen-bond acceptors (Lipinski definition) is 2. The standard InChI is InChI=1S/C10H17NO3/c12-7-11-9(10(13)14)8-5-3-1-2-4-6-8/h7-9H,1-6H2,(H,11,12)(H,13,14). The fraction of sp³-hybridized carbons (Fsp3) is 0.800. The van der Waals surface area contributed by atoms with Gasteiger partial charge in [0.1, 0.15) is 6.04 Å². The maximum absolute atomic E-state index is 10.9. The first-order chi connectivity index (χ1) is 6.75. The number of carbonyl (C=O) groups is 2. The average molecular weight is 199 g/mol. The summed E-state index contributed by atoms with van der Waals surface area (Å²) < 4.78 is 0. The Morgan fingerprint density at radius 2 is 1.86 bits per heavy atom. The summed E-state index contributed by atoms with van der Waals surface area (Å²) in [6, 6.07) is -0.689. The molecule has 4 nitrogen and oxygen atoms in total. The van der Waals surface area contributed by atoms with Crippen LogP contribution in [-0.4, -0.2) is 23.5 Å². The minimum absolute atomic E-state index is 0.111. The van der Waals surface area contributed by atoms with Gasteiger partial charge in [0.15, 0.2) is 0 Å². The lowest BCUT2D eigenvalue weighted by Crippen LogP contribution is -2.42. The first-order valence-electron chi connectivity index (χ1n) is 5.18. The monoisotopic (exact) mass is 199 g/mol. The highest BCUT2D eigenvalue weighted by atomic mass is 16.4. The van der Waals surface area contributed by atoms with Crippen LogP contribution < -0.4 is 5.32 Å². The SMILES string of the molecule is O=CNC(C(=O)O)C1CCCCCC1. The van der Waals surface area contributed by atoms with E-state index in [1.807, 2.05) is 0 Å². The van der Waals surface area contributed by atoms with Crippen molar-refractivity contribution in [3.8, 4) is 0 Å². The van der Waals surface area contributed by atoms with Gasteiger partial charge in [0.2, 0.25) is 6.41 Å². The smallest absolute Gasteiger partial charge is 0.326 e. The largest absolute Gasteiger partial charge is 0.480 e. The van der Waals surface area contributed by atoms with Crippen LogP contribution >= 0.6 is 0 Å². The highest BCUT2D eigenvalue weighted by molar-refractivity contribution is 5.76. The molecule has 0 aromatic heterocycles. The summed E-state index contributed by atoms with van der Waals surface area (Å²) in [6.07, 6.45) is 6.84. The molecule has 0 saturated heterocycles. The molecule has 0 heterocycles. The normalized spacial score (nSPS) is 20.9. The lowest BCUT2D eigenvalue weighted by molar-refractivity contribution is -0.142. The zero-order chi connectivity index (χ0) is 10.4. The molecule has 4 heteroatoms. The fourth-order valence-corrected chi connectivity index (χ4v) is 2.13. The zero-order valence-corrected chi connectivity index (χ0v) is 8.24. The lowest BCUT2D eigenvalue weighted by atomic mass is 9.92. The molecule has 0 radical (unpaired) electrons. The number of aliphatic carboxylic acids is 1. The van der Waals surface area contributed by atoms with Crippen molar-refractivity contribution in [2.24, 2.45) is 5.92 Å². The first-order valence-corrected chi connectivity index (χ1v) is 5.18. The van der Waals surface area contributed by atoms with E-state index in [0.717, 1.165) is 25.7 Å². The molecule has 1 aliphatic carbocycles. The van der Waals surface area contributed by atoms with E-state index in [1.165, 1.54) is 12.8 Å². The van der Waals surface area contributed by atoms with E-state index in [-0.39, 0.29) is 5.92 Å². The highest BCUT2D eigenvalue weighted by Gasteiger charge is 2.27. The predicted molar refractivity (Wildman–Crippen MR) is 51.8 cm³/mol. The van der Waals surface area contributed by atoms with Crippen LogP contribution in [0.2, 0.25) is 0 Å². The van der Waals surface area contributed by atoms with E-state index in [1.54, 1.807) is 0 Å². The van der Waals surface area contributed by atoms with Crippen LogP contribution in [0, 0.1) is 5.92 Å². The Morgan fingerprint density at radius 3 is 2.29 bits per heavy atom. The maximum Gasteiger partial charge on any atom is 0.326 e. The van der Waals surface area contributed by atoms with Crippen molar-refractivity contribution >= 4 is 12.4 Å². The van der Waals surface area contributed by atoms with Gasteiger partial charge in [0, 0.05) is 0 Å². The predicted octanol–water partition coefficient (Wildman–Crippen LogP) is 1.16. The summed E-state index contributed by atoms with van der Waals surface area (Å²) in [5.74, 6) is -0.802. The quantitative estimate of drug-likeness (QED) is 0.527. The van der Waals surface area contributed by atoms with Gasteiger partial charge in [-0.2, -0.15) is 0 Å². The molecule has 1 rings (SSSR count). The number of rotatable bonds is 4. The number of amides is 1. The Balaban J connectivity index is 2.55. The Kier molecular flexibility index (Phi) is 4.43. The second-order valence-corrected chi connectivity index (χ2v) is 3.85. The van der Waals surface area contributed by atoms with Crippen molar-refractivity contribution in [2.75, 3.05) is 0 Å². The van der Waals surface area contributed by atoms with Crippen molar-refractivity contribution in [1.82, 2.24) is 5.32 Å². The molecule has 1 unspecified atom stereocenters. The van der Waals surface area contributed by atoms with Crippen molar-refractivity contribution < 1.29 is 14.7 Å². The van der Waals surface area contributed by atoms with E-state index in [0.29, 0.717) is 6.41 Å². The van der Waals surface area contributed by atoms with Gasteiger partial charge >= 0.3 is 5.97 Å². The molecular formula is C10H17NO3. The Morgan fingerprint density at radius 1 is 1.29 bits per heavy atom. The van der Waals surface area contributed by atoms with Crippen LogP contribution in [0.25, 0.3) is 0 Å². The van der Waals surface area contributed by atoms with Crippen molar-refractivity contribution in [1.29, 1.82) is 0 Å². The number of carboxylic acid groups (broad SMARTS) is 1. The summed E-state index contributed by atoms with van der Waals surface area (Å²) in [5, 5.41) is 11.3. The van der Waals surface area contributed by atoms with E-state index in [2.05, 4.69) is 5.32 Å².